The van der Waals surface area contributed by atoms with E-state index in [0.29, 0.717) is 17.1 Å². The highest BCUT2D eigenvalue weighted by Gasteiger charge is 2.18. The first kappa shape index (κ1) is 16.4. The van der Waals surface area contributed by atoms with Crippen LogP contribution in [-0.2, 0) is 16.6 Å². The van der Waals surface area contributed by atoms with Gasteiger partial charge < -0.3 is 10.6 Å². The van der Waals surface area contributed by atoms with Crippen LogP contribution in [0.25, 0.3) is 0 Å². The number of halogens is 1. The Kier molecular flexibility index (Phi) is 5.76. The number of rotatable bonds is 6. The van der Waals surface area contributed by atoms with E-state index >= 15 is 0 Å². The second-order valence-electron chi connectivity index (χ2n) is 4.74. The lowest BCUT2D eigenvalue weighted by Crippen LogP contribution is -2.39. The predicted molar refractivity (Wildman–Crippen MR) is 77.7 cm³/mol. The van der Waals surface area contributed by atoms with Crippen molar-refractivity contribution < 1.29 is 8.42 Å². The molecule has 108 valence electrons. The van der Waals surface area contributed by atoms with Gasteiger partial charge in [0.05, 0.1) is 4.90 Å². The van der Waals surface area contributed by atoms with Crippen molar-refractivity contribution in [1.29, 1.82) is 0 Å². The molecule has 0 amide bonds. The average molecular weight is 306 g/mol. The van der Waals surface area contributed by atoms with Crippen molar-refractivity contribution in [2.75, 3.05) is 20.6 Å². The van der Waals surface area contributed by atoms with Crippen LogP contribution in [0.15, 0.2) is 23.1 Å². The molecule has 1 unspecified atom stereocenters. The van der Waals surface area contributed by atoms with Gasteiger partial charge >= 0.3 is 0 Å². The van der Waals surface area contributed by atoms with E-state index < -0.39 is 10.0 Å². The Morgan fingerprint density at radius 1 is 1.42 bits per heavy atom. The lowest BCUT2D eigenvalue weighted by Gasteiger charge is -2.18. The second-order valence-corrected chi connectivity index (χ2v) is 6.86. The zero-order valence-electron chi connectivity index (χ0n) is 11.4. The van der Waals surface area contributed by atoms with E-state index in [4.69, 9.17) is 17.3 Å². The van der Waals surface area contributed by atoms with Crippen molar-refractivity contribution in [3.8, 4) is 0 Å². The van der Waals surface area contributed by atoms with Crippen molar-refractivity contribution in [1.82, 2.24) is 9.62 Å². The third-order valence-electron chi connectivity index (χ3n) is 2.54. The number of likely N-dealkylation sites (N-methyl/N-ethyl adjacent to an activating group) is 1. The molecule has 0 fully saturated rings. The summed E-state index contributed by atoms with van der Waals surface area (Å²) in [5.41, 5.74) is 6.14. The molecule has 1 rings (SSSR count). The lowest BCUT2D eigenvalue weighted by molar-refractivity contribution is 0.370. The molecule has 7 heteroatoms. The van der Waals surface area contributed by atoms with Crippen LogP contribution in [0.4, 0.5) is 0 Å². The zero-order chi connectivity index (χ0) is 14.6. The van der Waals surface area contributed by atoms with E-state index in [1.165, 1.54) is 12.1 Å². The Labute approximate surface area is 119 Å². The van der Waals surface area contributed by atoms with Gasteiger partial charge in [0, 0.05) is 24.2 Å². The summed E-state index contributed by atoms with van der Waals surface area (Å²) in [6, 6.07) is 4.35. The number of benzene rings is 1. The molecular weight excluding hydrogens is 286 g/mol. The van der Waals surface area contributed by atoms with Gasteiger partial charge in [-0.1, -0.05) is 11.6 Å². The minimum atomic E-state index is -3.55. The molecule has 1 aromatic rings. The van der Waals surface area contributed by atoms with Crippen LogP contribution >= 0.6 is 11.6 Å². The lowest BCUT2D eigenvalue weighted by atomic mass is 10.2. The smallest absolute Gasteiger partial charge is 0.240 e. The van der Waals surface area contributed by atoms with Crippen LogP contribution in [0.2, 0.25) is 5.02 Å². The van der Waals surface area contributed by atoms with Gasteiger partial charge in [0.25, 0.3) is 0 Å². The van der Waals surface area contributed by atoms with E-state index in [-0.39, 0.29) is 17.5 Å². The Hall–Kier alpha value is -0.660. The maximum absolute atomic E-state index is 12.2. The van der Waals surface area contributed by atoms with Gasteiger partial charge in [-0.3, -0.25) is 0 Å². The van der Waals surface area contributed by atoms with Crippen LogP contribution in [0.1, 0.15) is 12.5 Å². The molecule has 19 heavy (non-hydrogen) atoms. The van der Waals surface area contributed by atoms with Crippen LogP contribution in [0.5, 0.6) is 0 Å². The topological polar surface area (TPSA) is 75.4 Å². The molecular formula is C12H20ClN3O2S. The quantitative estimate of drug-likeness (QED) is 0.823. The fraction of sp³-hybridized carbons (Fsp3) is 0.500. The average Bonchev–Trinajstić information content (AvgIpc) is 2.27. The molecule has 0 bridgehead atoms. The van der Waals surface area contributed by atoms with Gasteiger partial charge in [0.1, 0.15) is 0 Å². The van der Waals surface area contributed by atoms with Gasteiger partial charge in [-0.15, -0.1) is 0 Å². The molecule has 0 aliphatic carbocycles. The molecule has 0 aliphatic heterocycles. The van der Waals surface area contributed by atoms with Crippen molar-refractivity contribution in [2.24, 2.45) is 5.73 Å². The molecule has 1 aromatic carbocycles. The van der Waals surface area contributed by atoms with Crippen LogP contribution in [0.3, 0.4) is 0 Å². The van der Waals surface area contributed by atoms with Crippen molar-refractivity contribution >= 4 is 21.6 Å². The van der Waals surface area contributed by atoms with Gasteiger partial charge in [0.2, 0.25) is 10.0 Å². The monoisotopic (exact) mass is 305 g/mol. The van der Waals surface area contributed by atoms with Crippen molar-refractivity contribution in [2.45, 2.75) is 24.4 Å². The van der Waals surface area contributed by atoms with E-state index in [1.54, 1.807) is 6.07 Å². The Morgan fingerprint density at radius 3 is 2.58 bits per heavy atom. The van der Waals surface area contributed by atoms with E-state index in [9.17, 15) is 8.42 Å². The Morgan fingerprint density at radius 2 is 2.05 bits per heavy atom. The molecule has 5 nitrogen and oxygen atoms in total. The molecule has 0 spiro atoms. The standard InChI is InChI=1S/C12H20ClN3O2S/c1-9(8-16(2)3)15-19(17,18)11-4-5-12(13)10(6-11)7-14/h4-6,9,15H,7-8,14H2,1-3H3. The van der Waals surface area contributed by atoms with Crippen LogP contribution < -0.4 is 10.5 Å². The molecule has 0 aliphatic rings. The number of nitrogens with one attached hydrogen (secondary N) is 1. The molecule has 0 heterocycles. The summed E-state index contributed by atoms with van der Waals surface area (Å²) in [4.78, 5) is 2.10. The summed E-state index contributed by atoms with van der Waals surface area (Å²) in [5.74, 6) is 0. The first-order valence-electron chi connectivity index (χ1n) is 5.92. The largest absolute Gasteiger partial charge is 0.326 e. The molecule has 0 radical (unpaired) electrons. The SMILES string of the molecule is CC(CN(C)C)NS(=O)(=O)c1ccc(Cl)c(CN)c1. The van der Waals surface area contributed by atoms with E-state index in [1.807, 2.05) is 25.9 Å². The molecule has 3 N–H and O–H groups in total. The molecule has 0 saturated heterocycles. The van der Waals surface area contributed by atoms with Gasteiger partial charge in [-0.05, 0) is 44.8 Å². The normalized spacial score (nSPS) is 13.8. The summed E-state index contributed by atoms with van der Waals surface area (Å²) < 4.78 is 27.0. The van der Waals surface area contributed by atoms with Crippen LogP contribution in [-0.4, -0.2) is 40.0 Å². The second kappa shape index (κ2) is 6.67. The third-order valence-corrected chi connectivity index (χ3v) is 4.50. The van der Waals surface area contributed by atoms with Gasteiger partial charge in [-0.2, -0.15) is 0 Å². The summed E-state index contributed by atoms with van der Waals surface area (Å²) in [6.45, 7) is 2.64. The first-order chi connectivity index (χ1) is 8.76. The van der Waals surface area contributed by atoms with Crippen LogP contribution in [0, 0.1) is 0 Å². The third kappa shape index (κ3) is 4.74. The highest BCUT2D eigenvalue weighted by atomic mass is 35.5. The molecule has 1 atom stereocenters. The Bertz CT molecular complexity index is 532. The summed E-state index contributed by atoms with van der Waals surface area (Å²) in [7, 11) is 0.232. The maximum atomic E-state index is 12.2. The van der Waals surface area contributed by atoms with Crippen molar-refractivity contribution in [3.63, 3.8) is 0 Å². The predicted octanol–water partition coefficient (Wildman–Crippen LogP) is 1.03. The highest BCUT2D eigenvalue weighted by molar-refractivity contribution is 7.89. The van der Waals surface area contributed by atoms with Gasteiger partial charge in [-0.25, -0.2) is 13.1 Å². The van der Waals surface area contributed by atoms with E-state index in [0.717, 1.165) is 0 Å². The minimum absolute atomic E-state index is 0.183. The number of hydrogen-bond donors (Lipinski definition) is 2. The van der Waals surface area contributed by atoms with Crippen molar-refractivity contribution in [3.05, 3.63) is 28.8 Å². The summed E-state index contributed by atoms with van der Waals surface area (Å²) >= 11 is 5.92. The Balaban J connectivity index is 2.94. The van der Waals surface area contributed by atoms with Gasteiger partial charge in [0.15, 0.2) is 0 Å². The number of hydrogen-bond acceptors (Lipinski definition) is 4. The zero-order valence-corrected chi connectivity index (χ0v) is 12.9. The fourth-order valence-electron chi connectivity index (χ4n) is 1.79. The number of sulfonamides is 1. The minimum Gasteiger partial charge on any atom is -0.326 e. The van der Waals surface area contributed by atoms with E-state index in [2.05, 4.69) is 4.72 Å². The maximum Gasteiger partial charge on any atom is 0.240 e. The molecule has 0 aromatic heterocycles. The number of nitrogens with zero attached hydrogens (tertiary/aromatic N) is 1. The first-order valence-corrected chi connectivity index (χ1v) is 7.78. The fourth-order valence-corrected chi connectivity index (χ4v) is 3.27. The summed E-state index contributed by atoms with van der Waals surface area (Å²) in [6.07, 6.45) is 0. The number of nitrogens with two attached hydrogens (primary N) is 1. The highest BCUT2D eigenvalue weighted by Crippen LogP contribution is 2.20. The summed E-state index contributed by atoms with van der Waals surface area (Å²) in [5, 5.41) is 0.475. The molecule has 0 saturated carbocycles.